The van der Waals surface area contributed by atoms with Gasteiger partial charge in [0.25, 0.3) is 5.91 Å². The van der Waals surface area contributed by atoms with E-state index in [1.54, 1.807) is 25.1 Å². The molecule has 3 aromatic rings. The predicted octanol–water partition coefficient (Wildman–Crippen LogP) is 7.69. The van der Waals surface area contributed by atoms with Gasteiger partial charge in [-0.2, -0.15) is 0 Å². The zero-order chi connectivity index (χ0) is 27.9. The normalized spacial score (nSPS) is 15.0. The molecule has 1 aliphatic rings. The fourth-order valence-corrected chi connectivity index (χ4v) is 6.29. The zero-order valence-electron chi connectivity index (χ0n) is 21.2. The molecule has 1 fully saturated rings. The minimum Gasteiger partial charge on any atom is -0.490 e. The highest BCUT2D eigenvalue weighted by Gasteiger charge is 2.42. The van der Waals surface area contributed by atoms with Crippen LogP contribution in [0.2, 0.25) is 0 Å². The van der Waals surface area contributed by atoms with E-state index in [4.69, 9.17) is 26.4 Å². The maximum atomic E-state index is 13.6. The molecule has 1 atom stereocenters. The van der Waals surface area contributed by atoms with Crippen molar-refractivity contribution in [3.8, 4) is 11.5 Å². The molecule has 39 heavy (non-hydrogen) atoms. The Bertz CT molecular complexity index is 1410. The number of nitrogens with zero attached hydrogens (tertiary/aromatic N) is 1. The number of esters is 1. The summed E-state index contributed by atoms with van der Waals surface area (Å²) in [5.41, 5.74) is 2.34. The Hall–Kier alpha value is -2.66. The van der Waals surface area contributed by atoms with E-state index in [1.165, 1.54) is 4.90 Å². The van der Waals surface area contributed by atoms with Gasteiger partial charge in [-0.3, -0.25) is 9.69 Å². The Kier molecular flexibility index (Phi) is 10.2. The van der Waals surface area contributed by atoms with E-state index in [1.807, 2.05) is 61.5 Å². The lowest BCUT2D eigenvalue weighted by atomic mass is 10.1. The Labute approximate surface area is 254 Å². The summed E-state index contributed by atoms with van der Waals surface area (Å²) in [5, 5.41) is 0. The molecule has 0 aromatic heterocycles. The molecule has 0 aliphatic carbocycles. The number of ether oxygens (including phenoxy) is 3. The summed E-state index contributed by atoms with van der Waals surface area (Å²) in [6, 6.07) is 19.6. The van der Waals surface area contributed by atoms with Crippen LogP contribution in [-0.2, 0) is 20.9 Å². The number of hydrogen-bond donors (Lipinski definition) is 0. The van der Waals surface area contributed by atoms with Crippen molar-refractivity contribution >= 4 is 78.1 Å². The highest BCUT2D eigenvalue weighted by molar-refractivity contribution is 9.10. The van der Waals surface area contributed by atoms with E-state index in [0.29, 0.717) is 45.2 Å². The summed E-state index contributed by atoms with van der Waals surface area (Å²) in [6.45, 7) is 4.60. The van der Waals surface area contributed by atoms with E-state index in [2.05, 4.69) is 31.9 Å². The third-order valence-electron chi connectivity index (χ3n) is 5.61. The second kappa shape index (κ2) is 13.6. The van der Waals surface area contributed by atoms with Crippen LogP contribution in [0.1, 0.15) is 36.6 Å². The number of hydrogen-bond acceptors (Lipinski definition) is 7. The number of halogens is 2. The highest BCUT2D eigenvalue weighted by Crippen LogP contribution is 2.42. The van der Waals surface area contributed by atoms with Gasteiger partial charge in [0.2, 0.25) is 0 Å². The lowest BCUT2D eigenvalue weighted by molar-refractivity contribution is -0.151. The van der Waals surface area contributed by atoms with Crippen molar-refractivity contribution in [1.82, 2.24) is 4.90 Å². The first-order valence-electron chi connectivity index (χ1n) is 12.1. The number of carbonyl (C=O) groups is 2. The molecule has 1 amide bonds. The fraction of sp³-hybridized carbons (Fsp3) is 0.207. The molecule has 4 rings (SSSR count). The molecule has 6 nitrogen and oxygen atoms in total. The molecule has 1 heterocycles. The van der Waals surface area contributed by atoms with E-state index >= 15 is 0 Å². The van der Waals surface area contributed by atoms with Gasteiger partial charge in [-0.25, -0.2) is 4.79 Å². The van der Waals surface area contributed by atoms with Crippen LogP contribution < -0.4 is 9.47 Å². The highest BCUT2D eigenvalue weighted by atomic mass is 79.9. The average Bonchev–Trinajstić information content (AvgIpc) is 3.17. The van der Waals surface area contributed by atoms with Crippen LogP contribution in [0.25, 0.3) is 6.08 Å². The number of thioether (sulfide) groups is 1. The van der Waals surface area contributed by atoms with Crippen molar-refractivity contribution in [3.05, 3.63) is 97.3 Å². The molecule has 0 bridgehead atoms. The van der Waals surface area contributed by atoms with Gasteiger partial charge in [0.15, 0.2) is 17.5 Å². The lowest BCUT2D eigenvalue weighted by Gasteiger charge is -2.25. The smallest absolute Gasteiger partial charge is 0.333 e. The second-order valence-corrected chi connectivity index (χ2v) is 11.7. The third kappa shape index (κ3) is 7.11. The monoisotopic (exact) mass is 689 g/mol. The molecular formula is C29H25Br2NO5S2. The maximum absolute atomic E-state index is 13.6. The zero-order valence-corrected chi connectivity index (χ0v) is 26.0. The summed E-state index contributed by atoms with van der Waals surface area (Å²) in [6.07, 6.45) is 1.73. The summed E-state index contributed by atoms with van der Waals surface area (Å²) in [7, 11) is 0. The van der Waals surface area contributed by atoms with Crippen molar-refractivity contribution in [2.45, 2.75) is 26.5 Å². The topological polar surface area (TPSA) is 65.1 Å². The number of carbonyl (C=O) groups excluding carboxylic acids is 2. The average molecular weight is 691 g/mol. The summed E-state index contributed by atoms with van der Waals surface area (Å²) < 4.78 is 19.2. The predicted molar refractivity (Wildman–Crippen MR) is 165 cm³/mol. The summed E-state index contributed by atoms with van der Waals surface area (Å²) in [4.78, 5) is 28.2. The Morgan fingerprint density at radius 3 is 2.49 bits per heavy atom. The van der Waals surface area contributed by atoms with Crippen molar-refractivity contribution < 1.29 is 23.8 Å². The van der Waals surface area contributed by atoms with Crippen molar-refractivity contribution in [1.29, 1.82) is 0 Å². The van der Waals surface area contributed by atoms with Gasteiger partial charge in [-0.15, -0.1) is 0 Å². The minimum absolute atomic E-state index is 0.191. The molecule has 0 radical (unpaired) electrons. The van der Waals surface area contributed by atoms with Gasteiger partial charge < -0.3 is 14.2 Å². The second-order valence-electron chi connectivity index (χ2n) is 8.30. The number of amides is 1. The first-order valence-corrected chi connectivity index (χ1v) is 15.0. The van der Waals surface area contributed by atoms with E-state index < -0.39 is 12.0 Å². The Morgan fingerprint density at radius 1 is 1.03 bits per heavy atom. The Balaban J connectivity index is 1.63. The maximum Gasteiger partial charge on any atom is 0.333 e. The lowest BCUT2D eigenvalue weighted by Crippen LogP contribution is -2.38. The van der Waals surface area contributed by atoms with Gasteiger partial charge in [0, 0.05) is 4.47 Å². The van der Waals surface area contributed by atoms with Crippen LogP contribution in [0, 0.1) is 0 Å². The standard InChI is InChI=1S/C29H25Br2NO5S2/c1-3-35-23-15-19(14-22(31)26(23)37-17-18-9-8-12-21(30)13-18)16-24-27(33)32(29(38)39-24)25(28(34)36-4-2)20-10-6-5-7-11-20/h5-16,25H,3-4,17H2,1-2H3/b24-16+. The largest absolute Gasteiger partial charge is 0.490 e. The van der Waals surface area contributed by atoms with Crippen molar-refractivity contribution in [3.63, 3.8) is 0 Å². The molecule has 0 N–H and O–H groups in total. The first-order chi connectivity index (χ1) is 18.8. The molecule has 1 aliphatic heterocycles. The third-order valence-corrected chi connectivity index (χ3v) is 8.02. The molecule has 202 valence electrons. The van der Waals surface area contributed by atoms with Crippen LogP contribution >= 0.6 is 55.8 Å². The van der Waals surface area contributed by atoms with Gasteiger partial charge in [0.05, 0.1) is 22.6 Å². The van der Waals surface area contributed by atoms with Gasteiger partial charge in [-0.1, -0.05) is 82.4 Å². The van der Waals surface area contributed by atoms with E-state index in [9.17, 15) is 9.59 Å². The summed E-state index contributed by atoms with van der Waals surface area (Å²) >= 11 is 13.8. The van der Waals surface area contributed by atoms with Gasteiger partial charge >= 0.3 is 5.97 Å². The van der Waals surface area contributed by atoms with Crippen molar-refractivity contribution in [2.24, 2.45) is 0 Å². The molecule has 0 spiro atoms. The molecule has 1 saturated heterocycles. The molecule has 3 aromatic carbocycles. The quantitative estimate of drug-likeness (QED) is 0.123. The Morgan fingerprint density at radius 2 is 1.79 bits per heavy atom. The number of thiocarbonyl (C=S) groups is 1. The van der Waals surface area contributed by atoms with E-state index in [0.717, 1.165) is 21.8 Å². The van der Waals surface area contributed by atoms with Crippen LogP contribution in [0.5, 0.6) is 11.5 Å². The summed E-state index contributed by atoms with van der Waals surface area (Å²) in [5.74, 6) is 0.204. The van der Waals surface area contributed by atoms with Gasteiger partial charge in [0.1, 0.15) is 10.9 Å². The molecule has 1 unspecified atom stereocenters. The number of rotatable bonds is 10. The first kappa shape index (κ1) is 29.3. The molecular weight excluding hydrogens is 666 g/mol. The minimum atomic E-state index is -0.968. The van der Waals surface area contributed by atoms with Crippen LogP contribution in [0.3, 0.4) is 0 Å². The van der Waals surface area contributed by atoms with Crippen molar-refractivity contribution in [2.75, 3.05) is 13.2 Å². The van der Waals surface area contributed by atoms with Crippen LogP contribution in [0.15, 0.2) is 80.6 Å². The van der Waals surface area contributed by atoms with Crippen LogP contribution in [-0.4, -0.2) is 34.3 Å². The van der Waals surface area contributed by atoms with Crippen LogP contribution in [0.4, 0.5) is 0 Å². The SMILES string of the molecule is CCOC(=O)C(c1ccccc1)N1C(=O)/C(=C\c2cc(Br)c(OCc3cccc(Br)c3)c(OCC)c2)SC1=S. The number of benzene rings is 3. The van der Waals surface area contributed by atoms with Gasteiger partial charge in [-0.05, 0) is 76.8 Å². The fourth-order valence-electron chi connectivity index (χ4n) is 3.96. The molecule has 0 saturated carbocycles. The molecule has 10 heteroatoms. The van der Waals surface area contributed by atoms with E-state index in [-0.39, 0.29) is 16.8 Å².